The Balaban J connectivity index is 2.08. The number of fused-ring (bicyclic) bond motifs is 1. The quantitative estimate of drug-likeness (QED) is 0.921. The third kappa shape index (κ3) is 2.42. The summed E-state index contributed by atoms with van der Waals surface area (Å²) in [5.74, 6) is 1.82. The maximum Gasteiger partial charge on any atom is 0.264 e. The molecule has 0 amide bonds. The van der Waals surface area contributed by atoms with Gasteiger partial charge in [0.1, 0.15) is 17.1 Å². The molecule has 2 heterocycles. The Morgan fingerprint density at radius 2 is 1.95 bits per heavy atom. The molecule has 108 valence electrons. The third-order valence-corrected chi connectivity index (χ3v) is 3.60. The molecule has 5 heteroatoms. The highest BCUT2D eigenvalue weighted by atomic mass is 16.5. The van der Waals surface area contributed by atoms with E-state index in [1.165, 1.54) is 6.07 Å². The van der Waals surface area contributed by atoms with Gasteiger partial charge < -0.3 is 9.47 Å². The molecule has 2 aromatic rings. The third-order valence-electron chi connectivity index (χ3n) is 3.60. The summed E-state index contributed by atoms with van der Waals surface area (Å²) in [7, 11) is 0. The lowest BCUT2D eigenvalue weighted by atomic mass is 9.92. The number of hydrogen-bond donors (Lipinski definition) is 1. The van der Waals surface area contributed by atoms with Gasteiger partial charge in [-0.2, -0.15) is 0 Å². The van der Waals surface area contributed by atoms with Crippen LogP contribution in [-0.2, 0) is 0 Å². The standard InChI is InChI=1S/C16H16N2O3/c1-10-15(20-14-9-8-13(19)17-18-14)11-6-4-5-7-12(11)21-16(10,2)3/h4-9H,1-3H3,(H,17,19). The Bertz CT molecular complexity index is 755. The normalized spacial score (nSPS) is 16.1. The molecule has 3 rings (SSSR count). The molecule has 0 aliphatic carbocycles. The van der Waals surface area contributed by atoms with Crippen molar-refractivity contribution in [2.24, 2.45) is 0 Å². The minimum Gasteiger partial charge on any atom is -0.483 e. The minimum atomic E-state index is -0.466. The van der Waals surface area contributed by atoms with Crippen molar-refractivity contribution in [1.82, 2.24) is 10.2 Å². The molecule has 21 heavy (non-hydrogen) atoms. The molecule has 0 saturated carbocycles. The average molecular weight is 284 g/mol. The number of rotatable bonds is 2. The van der Waals surface area contributed by atoms with Gasteiger partial charge in [0.2, 0.25) is 5.88 Å². The van der Waals surface area contributed by atoms with Gasteiger partial charge in [-0.1, -0.05) is 12.1 Å². The van der Waals surface area contributed by atoms with Gasteiger partial charge in [0.05, 0.1) is 5.56 Å². The Hall–Kier alpha value is -2.56. The second-order valence-electron chi connectivity index (χ2n) is 5.42. The number of aromatic amines is 1. The van der Waals surface area contributed by atoms with Gasteiger partial charge in [-0.25, -0.2) is 5.10 Å². The fourth-order valence-electron chi connectivity index (χ4n) is 2.19. The predicted octanol–water partition coefficient (Wildman–Crippen LogP) is 2.75. The molecule has 1 aromatic carbocycles. The second-order valence-corrected chi connectivity index (χ2v) is 5.42. The van der Waals surface area contributed by atoms with Crippen molar-refractivity contribution in [3.63, 3.8) is 0 Å². The van der Waals surface area contributed by atoms with E-state index < -0.39 is 5.60 Å². The summed E-state index contributed by atoms with van der Waals surface area (Å²) in [6, 6.07) is 10.6. The van der Waals surface area contributed by atoms with E-state index in [9.17, 15) is 4.79 Å². The lowest BCUT2D eigenvalue weighted by Gasteiger charge is -2.34. The van der Waals surface area contributed by atoms with Crippen LogP contribution in [0.15, 0.2) is 46.8 Å². The number of nitrogens with zero attached hydrogens (tertiary/aromatic N) is 1. The van der Waals surface area contributed by atoms with Crippen molar-refractivity contribution in [2.75, 3.05) is 0 Å². The number of hydrogen-bond acceptors (Lipinski definition) is 4. The number of nitrogens with one attached hydrogen (secondary N) is 1. The molecule has 0 unspecified atom stereocenters. The van der Waals surface area contributed by atoms with Crippen LogP contribution in [0.2, 0.25) is 0 Å². The molecule has 0 saturated heterocycles. The van der Waals surface area contributed by atoms with Crippen LogP contribution in [0.25, 0.3) is 5.76 Å². The summed E-state index contributed by atoms with van der Waals surface area (Å²) in [4.78, 5) is 11.1. The first-order valence-electron chi connectivity index (χ1n) is 6.71. The predicted molar refractivity (Wildman–Crippen MR) is 79.2 cm³/mol. The Kier molecular flexibility index (Phi) is 3.05. The van der Waals surface area contributed by atoms with Crippen LogP contribution < -0.4 is 15.0 Å². The molecule has 0 radical (unpaired) electrons. The van der Waals surface area contributed by atoms with Crippen LogP contribution in [0.3, 0.4) is 0 Å². The van der Waals surface area contributed by atoms with Crippen LogP contribution in [0.1, 0.15) is 26.3 Å². The number of ether oxygens (including phenoxy) is 2. The maximum absolute atomic E-state index is 11.1. The molecule has 0 atom stereocenters. The molecular weight excluding hydrogens is 268 g/mol. The minimum absolute atomic E-state index is 0.263. The van der Waals surface area contributed by atoms with Crippen molar-refractivity contribution < 1.29 is 9.47 Å². The van der Waals surface area contributed by atoms with Crippen molar-refractivity contribution in [3.05, 3.63) is 57.9 Å². The fraction of sp³-hybridized carbons (Fsp3) is 0.250. The van der Waals surface area contributed by atoms with Gasteiger partial charge in [0.25, 0.3) is 5.56 Å². The molecular formula is C16H16N2O3. The molecule has 0 bridgehead atoms. The van der Waals surface area contributed by atoms with E-state index in [4.69, 9.17) is 9.47 Å². The highest BCUT2D eigenvalue weighted by Gasteiger charge is 2.33. The van der Waals surface area contributed by atoms with Crippen LogP contribution in [0, 0.1) is 0 Å². The fourth-order valence-corrected chi connectivity index (χ4v) is 2.19. The van der Waals surface area contributed by atoms with E-state index in [2.05, 4.69) is 10.2 Å². The van der Waals surface area contributed by atoms with Crippen molar-refractivity contribution in [2.45, 2.75) is 26.4 Å². The average Bonchev–Trinajstić information content (AvgIpc) is 2.45. The summed E-state index contributed by atoms with van der Waals surface area (Å²) in [5.41, 5.74) is 1.11. The Labute approximate surface area is 122 Å². The highest BCUT2D eigenvalue weighted by molar-refractivity contribution is 5.72. The lowest BCUT2D eigenvalue weighted by Crippen LogP contribution is -2.34. The smallest absolute Gasteiger partial charge is 0.264 e. The molecule has 1 aromatic heterocycles. The van der Waals surface area contributed by atoms with Crippen molar-refractivity contribution in [1.29, 1.82) is 0 Å². The summed E-state index contributed by atoms with van der Waals surface area (Å²) in [6.45, 7) is 5.95. The van der Waals surface area contributed by atoms with Crippen LogP contribution in [0.5, 0.6) is 11.6 Å². The van der Waals surface area contributed by atoms with Gasteiger partial charge in [0.15, 0.2) is 0 Å². The van der Waals surface area contributed by atoms with E-state index in [0.717, 1.165) is 16.9 Å². The number of H-pyrrole nitrogens is 1. The summed E-state index contributed by atoms with van der Waals surface area (Å²) in [6.07, 6.45) is 0. The van der Waals surface area contributed by atoms with Gasteiger partial charge in [0, 0.05) is 17.7 Å². The lowest BCUT2D eigenvalue weighted by molar-refractivity contribution is 0.140. The van der Waals surface area contributed by atoms with E-state index >= 15 is 0 Å². The van der Waals surface area contributed by atoms with E-state index in [1.807, 2.05) is 45.0 Å². The second kappa shape index (κ2) is 4.77. The highest BCUT2D eigenvalue weighted by Crippen LogP contribution is 2.40. The van der Waals surface area contributed by atoms with Crippen molar-refractivity contribution >= 4 is 5.76 Å². The van der Waals surface area contributed by atoms with Gasteiger partial charge in [-0.3, -0.25) is 4.79 Å². The Morgan fingerprint density at radius 1 is 1.19 bits per heavy atom. The van der Waals surface area contributed by atoms with Crippen LogP contribution in [0.4, 0.5) is 0 Å². The zero-order chi connectivity index (χ0) is 15.0. The molecule has 0 fully saturated rings. The SMILES string of the molecule is CC1=C(Oc2ccc(=O)[nH]n2)c2ccccc2OC1(C)C. The molecule has 1 aliphatic heterocycles. The molecule has 1 N–H and O–H groups in total. The Morgan fingerprint density at radius 3 is 2.67 bits per heavy atom. The maximum atomic E-state index is 11.1. The monoisotopic (exact) mass is 284 g/mol. The number of benzene rings is 1. The van der Waals surface area contributed by atoms with Gasteiger partial charge >= 0.3 is 0 Å². The van der Waals surface area contributed by atoms with E-state index in [1.54, 1.807) is 6.07 Å². The number of para-hydroxylation sites is 1. The van der Waals surface area contributed by atoms with Crippen LogP contribution >= 0.6 is 0 Å². The molecule has 0 spiro atoms. The zero-order valence-electron chi connectivity index (χ0n) is 12.1. The zero-order valence-corrected chi connectivity index (χ0v) is 12.1. The topological polar surface area (TPSA) is 64.2 Å². The number of aromatic nitrogens is 2. The van der Waals surface area contributed by atoms with Gasteiger partial charge in [-0.15, -0.1) is 5.10 Å². The van der Waals surface area contributed by atoms with E-state index in [-0.39, 0.29) is 5.56 Å². The summed E-state index contributed by atoms with van der Waals surface area (Å²) in [5, 5.41) is 6.26. The largest absolute Gasteiger partial charge is 0.483 e. The van der Waals surface area contributed by atoms with E-state index in [0.29, 0.717) is 11.6 Å². The van der Waals surface area contributed by atoms with Crippen LogP contribution in [-0.4, -0.2) is 15.8 Å². The summed E-state index contributed by atoms with van der Waals surface area (Å²) < 4.78 is 11.9. The summed E-state index contributed by atoms with van der Waals surface area (Å²) >= 11 is 0. The van der Waals surface area contributed by atoms with Crippen molar-refractivity contribution in [3.8, 4) is 11.6 Å². The molecule has 1 aliphatic rings. The first-order valence-corrected chi connectivity index (χ1v) is 6.71. The first-order chi connectivity index (χ1) is 9.97. The molecule has 5 nitrogen and oxygen atoms in total. The van der Waals surface area contributed by atoms with Gasteiger partial charge in [-0.05, 0) is 32.9 Å². The first kappa shape index (κ1) is 13.4.